The predicted molar refractivity (Wildman–Crippen MR) is 92.7 cm³/mol. The van der Waals surface area contributed by atoms with Gasteiger partial charge in [-0.2, -0.15) is 0 Å². The summed E-state index contributed by atoms with van der Waals surface area (Å²) < 4.78 is 32.0. The quantitative estimate of drug-likeness (QED) is 0.654. The number of methoxy groups -OCH3 is 1. The van der Waals surface area contributed by atoms with Crippen LogP contribution in [0.3, 0.4) is 0 Å². The summed E-state index contributed by atoms with van der Waals surface area (Å²) in [6.45, 7) is 6.12. The van der Waals surface area contributed by atoms with Crippen LogP contribution in [0.2, 0.25) is 5.02 Å². The van der Waals surface area contributed by atoms with Crippen LogP contribution in [0.4, 0.5) is 0 Å². The average Bonchev–Trinajstić information content (AvgIpc) is 2.42. The van der Waals surface area contributed by atoms with Gasteiger partial charge < -0.3 is 10.1 Å². The van der Waals surface area contributed by atoms with Crippen molar-refractivity contribution < 1.29 is 13.2 Å². The SMILES string of the molecule is COCCNCCNS(=O)(=O)c1cc(C(C)C)ccc1Cl.Cl. The van der Waals surface area contributed by atoms with Crippen LogP contribution in [0.25, 0.3) is 0 Å². The number of halogens is 2. The third kappa shape index (κ3) is 6.81. The second-order valence-electron chi connectivity index (χ2n) is 4.99. The zero-order chi connectivity index (χ0) is 15.9. The Morgan fingerprint density at radius 3 is 2.50 bits per heavy atom. The minimum absolute atomic E-state index is 0. The van der Waals surface area contributed by atoms with Crippen LogP contribution in [0.1, 0.15) is 25.3 Å². The molecule has 0 heterocycles. The lowest BCUT2D eigenvalue weighted by Gasteiger charge is -2.12. The van der Waals surface area contributed by atoms with Gasteiger partial charge in [-0.05, 0) is 23.6 Å². The standard InChI is InChI=1S/C14H23ClN2O3S.ClH/c1-11(2)12-4-5-13(15)14(10-12)21(18,19)17-7-6-16-8-9-20-3;/h4-5,10-11,16-17H,6-9H2,1-3H3;1H. The Bertz CT molecular complexity index is 551. The summed E-state index contributed by atoms with van der Waals surface area (Å²) in [5.74, 6) is 0.243. The Kier molecular flexibility index (Phi) is 10.2. The van der Waals surface area contributed by atoms with E-state index in [1.165, 1.54) is 0 Å². The third-order valence-electron chi connectivity index (χ3n) is 2.99. The first-order valence-corrected chi connectivity index (χ1v) is 8.73. The van der Waals surface area contributed by atoms with Crippen molar-refractivity contribution in [3.63, 3.8) is 0 Å². The van der Waals surface area contributed by atoms with E-state index >= 15 is 0 Å². The van der Waals surface area contributed by atoms with Crippen LogP contribution < -0.4 is 10.0 Å². The maximum Gasteiger partial charge on any atom is 0.242 e. The van der Waals surface area contributed by atoms with Crippen molar-refractivity contribution in [1.82, 2.24) is 10.0 Å². The molecule has 0 fully saturated rings. The van der Waals surface area contributed by atoms with Gasteiger partial charge in [-0.3, -0.25) is 0 Å². The molecule has 128 valence electrons. The lowest BCUT2D eigenvalue weighted by atomic mass is 10.0. The van der Waals surface area contributed by atoms with E-state index in [1.807, 2.05) is 19.9 Å². The van der Waals surface area contributed by atoms with E-state index in [2.05, 4.69) is 10.0 Å². The Morgan fingerprint density at radius 2 is 1.91 bits per heavy atom. The lowest BCUT2D eigenvalue weighted by Crippen LogP contribution is -2.33. The van der Waals surface area contributed by atoms with Crippen LogP contribution in [0.15, 0.2) is 23.1 Å². The number of hydrogen-bond donors (Lipinski definition) is 2. The van der Waals surface area contributed by atoms with Gasteiger partial charge in [0.05, 0.1) is 11.6 Å². The molecule has 0 aliphatic heterocycles. The molecular formula is C14H24Cl2N2O3S. The fourth-order valence-corrected chi connectivity index (χ4v) is 3.30. The van der Waals surface area contributed by atoms with E-state index in [1.54, 1.807) is 19.2 Å². The molecule has 0 aromatic heterocycles. The molecule has 0 aliphatic rings. The van der Waals surface area contributed by atoms with Crippen molar-refractivity contribution in [3.05, 3.63) is 28.8 Å². The van der Waals surface area contributed by atoms with Crippen molar-refractivity contribution >= 4 is 34.0 Å². The van der Waals surface area contributed by atoms with Gasteiger partial charge in [-0.25, -0.2) is 13.1 Å². The molecule has 8 heteroatoms. The molecule has 0 amide bonds. The fraction of sp³-hybridized carbons (Fsp3) is 0.571. The monoisotopic (exact) mass is 370 g/mol. The second-order valence-corrected chi connectivity index (χ2v) is 7.13. The second kappa shape index (κ2) is 10.4. The van der Waals surface area contributed by atoms with Gasteiger partial charge in [0.2, 0.25) is 10.0 Å². The minimum Gasteiger partial charge on any atom is -0.383 e. The summed E-state index contributed by atoms with van der Waals surface area (Å²) >= 11 is 6.02. The highest BCUT2D eigenvalue weighted by molar-refractivity contribution is 7.89. The molecule has 0 spiro atoms. The molecule has 1 aromatic carbocycles. The molecule has 0 unspecified atom stereocenters. The summed E-state index contributed by atoms with van der Waals surface area (Å²) in [6.07, 6.45) is 0. The average molecular weight is 371 g/mol. The van der Waals surface area contributed by atoms with E-state index in [9.17, 15) is 8.42 Å². The van der Waals surface area contributed by atoms with E-state index in [4.69, 9.17) is 16.3 Å². The molecule has 0 saturated carbocycles. The molecule has 22 heavy (non-hydrogen) atoms. The van der Waals surface area contributed by atoms with E-state index in [0.717, 1.165) is 5.56 Å². The third-order valence-corrected chi connectivity index (χ3v) is 4.93. The van der Waals surface area contributed by atoms with E-state index in [0.29, 0.717) is 26.2 Å². The first-order valence-electron chi connectivity index (χ1n) is 6.87. The number of rotatable bonds is 9. The summed E-state index contributed by atoms with van der Waals surface area (Å²) in [4.78, 5) is 0.132. The lowest BCUT2D eigenvalue weighted by molar-refractivity contribution is 0.199. The van der Waals surface area contributed by atoms with Gasteiger partial charge in [0, 0.05) is 26.7 Å². The van der Waals surface area contributed by atoms with Crippen molar-refractivity contribution in [1.29, 1.82) is 0 Å². The molecule has 5 nitrogen and oxygen atoms in total. The van der Waals surface area contributed by atoms with Crippen LogP contribution in [-0.4, -0.2) is 41.8 Å². The van der Waals surface area contributed by atoms with Gasteiger partial charge >= 0.3 is 0 Å². The van der Waals surface area contributed by atoms with Crippen LogP contribution in [-0.2, 0) is 14.8 Å². The number of sulfonamides is 1. The molecule has 0 saturated heterocycles. The normalized spacial score (nSPS) is 11.5. The van der Waals surface area contributed by atoms with E-state index < -0.39 is 10.0 Å². The van der Waals surface area contributed by atoms with Gasteiger partial charge in [0.1, 0.15) is 4.90 Å². The van der Waals surface area contributed by atoms with Crippen LogP contribution >= 0.6 is 24.0 Å². The minimum atomic E-state index is -3.59. The predicted octanol–water partition coefficient (Wildman–Crippen LogP) is 2.40. The first kappa shape index (κ1) is 21.6. The Balaban J connectivity index is 0.00000441. The van der Waals surface area contributed by atoms with E-state index in [-0.39, 0.29) is 28.2 Å². The molecule has 0 radical (unpaired) electrons. The van der Waals surface area contributed by atoms with Crippen molar-refractivity contribution in [2.45, 2.75) is 24.7 Å². The van der Waals surface area contributed by atoms with Gasteiger partial charge in [0.25, 0.3) is 0 Å². The van der Waals surface area contributed by atoms with Crippen molar-refractivity contribution in [3.8, 4) is 0 Å². The highest BCUT2D eigenvalue weighted by Gasteiger charge is 2.18. The van der Waals surface area contributed by atoms with Gasteiger partial charge in [-0.15, -0.1) is 12.4 Å². The van der Waals surface area contributed by atoms with Crippen molar-refractivity contribution in [2.24, 2.45) is 0 Å². The Morgan fingerprint density at radius 1 is 1.23 bits per heavy atom. The number of nitrogens with one attached hydrogen (secondary N) is 2. The molecule has 1 rings (SSSR count). The summed E-state index contributed by atoms with van der Waals surface area (Å²) in [6, 6.07) is 5.11. The highest BCUT2D eigenvalue weighted by Crippen LogP contribution is 2.25. The zero-order valence-electron chi connectivity index (χ0n) is 13.1. The number of benzene rings is 1. The Hall–Kier alpha value is -0.370. The van der Waals surface area contributed by atoms with Gasteiger partial charge in [-0.1, -0.05) is 31.5 Å². The zero-order valence-corrected chi connectivity index (χ0v) is 15.4. The highest BCUT2D eigenvalue weighted by atomic mass is 35.5. The summed E-state index contributed by atoms with van der Waals surface area (Å²) in [7, 11) is -1.97. The topological polar surface area (TPSA) is 67.4 Å². The van der Waals surface area contributed by atoms with Crippen LogP contribution in [0.5, 0.6) is 0 Å². The maximum atomic E-state index is 12.3. The number of hydrogen-bond acceptors (Lipinski definition) is 4. The maximum absolute atomic E-state index is 12.3. The molecule has 0 atom stereocenters. The molecule has 1 aromatic rings. The molecule has 0 bridgehead atoms. The summed E-state index contributed by atoms with van der Waals surface area (Å²) in [5, 5.41) is 3.31. The Labute approximate surface area is 144 Å². The van der Waals surface area contributed by atoms with Gasteiger partial charge in [0.15, 0.2) is 0 Å². The summed E-state index contributed by atoms with van der Waals surface area (Å²) in [5.41, 5.74) is 0.943. The number of ether oxygens (including phenoxy) is 1. The fourth-order valence-electron chi connectivity index (χ4n) is 1.74. The molecule has 0 aliphatic carbocycles. The van der Waals surface area contributed by atoms with Crippen molar-refractivity contribution in [2.75, 3.05) is 33.4 Å². The molecular weight excluding hydrogens is 347 g/mol. The molecule has 2 N–H and O–H groups in total. The smallest absolute Gasteiger partial charge is 0.242 e. The van der Waals surface area contributed by atoms with Crippen LogP contribution in [0, 0.1) is 0 Å². The largest absolute Gasteiger partial charge is 0.383 e. The first-order chi connectivity index (χ1) is 9.88.